The number of hydrogen-bond acceptors (Lipinski definition) is 12. The van der Waals surface area contributed by atoms with Crippen LogP contribution in [0.2, 0.25) is 0 Å². The van der Waals surface area contributed by atoms with E-state index < -0.39 is 41.1 Å². The van der Waals surface area contributed by atoms with Gasteiger partial charge in [0.2, 0.25) is 7.85 Å². The van der Waals surface area contributed by atoms with Gasteiger partial charge in [-0.2, -0.15) is 0 Å². The minimum absolute atomic E-state index is 0.110. The van der Waals surface area contributed by atoms with Crippen molar-refractivity contribution < 1.29 is 33.5 Å². The Hall–Kier alpha value is -4.12. The fourth-order valence-corrected chi connectivity index (χ4v) is 7.63. The van der Waals surface area contributed by atoms with Gasteiger partial charge in [-0.15, -0.1) is 23.1 Å². The molecule has 0 saturated carbocycles. The van der Waals surface area contributed by atoms with E-state index in [4.69, 9.17) is 22.2 Å². The predicted molar refractivity (Wildman–Crippen MR) is 173 cm³/mol. The fourth-order valence-electron chi connectivity index (χ4n) is 4.62. The second kappa shape index (κ2) is 14.8. The Morgan fingerprint density at radius 3 is 2.38 bits per heavy atom. The molecule has 5 rings (SSSR count). The molecule has 3 aromatic rings. The number of nitrogens with one attached hydrogen (secondary N) is 2. The number of aromatic nitrogens is 1. The number of ether oxygens (including phenoxy) is 2. The molecule has 45 heavy (non-hydrogen) atoms. The minimum atomic E-state index is -0.970. The summed E-state index contributed by atoms with van der Waals surface area (Å²) in [6.45, 7) is 0. The molecule has 0 bridgehead atoms. The lowest BCUT2D eigenvalue weighted by atomic mass is 10.0. The summed E-state index contributed by atoms with van der Waals surface area (Å²) in [6.07, 6.45) is -0.721. The summed E-state index contributed by atoms with van der Waals surface area (Å²) in [4.78, 5) is 63.0. The summed E-state index contributed by atoms with van der Waals surface area (Å²) >= 11 is 3.72. The van der Waals surface area contributed by atoms with Crippen LogP contribution in [0.1, 0.15) is 22.9 Å². The van der Waals surface area contributed by atoms with Gasteiger partial charge < -0.3 is 24.9 Å². The summed E-state index contributed by atoms with van der Waals surface area (Å²) in [7, 11) is 7.95. The molecule has 2 aliphatic rings. The van der Waals surface area contributed by atoms with Crippen molar-refractivity contribution in [1.29, 1.82) is 0 Å². The molecular formula is C29H26BN5O7S3. The molecule has 230 valence electrons. The molecule has 0 aliphatic carbocycles. The SMILES string of the molecule is [B]C(=O)Nc1nc(/C(=N/OC)C(=O)N[C@@H]2C(=O)N3C(C(=O)OC(c4ccccc4)c4ccccc4)=C(SCOC)CS[C@H]23)cs1. The number of esters is 1. The van der Waals surface area contributed by atoms with Crippen LogP contribution in [-0.2, 0) is 28.7 Å². The standard InChI is InChI=1S/C29H26BN5O7S3/c1-40-15-45-19-14-43-26-21(32-24(36)20(34-41-2)18-13-44-29(31-18)33-28(30)39)25(37)35(26)22(19)27(38)42-23(16-9-5-3-6-10-16)17-11-7-4-8-12-17/h3-13,21,23,26H,14-15H2,1-2H3,(H,32,36)(H,31,33,39)/b34-20-/t21-,26-/m1/s1. The van der Waals surface area contributed by atoms with Gasteiger partial charge >= 0.3 is 5.97 Å². The topological polar surface area (TPSA) is 149 Å². The lowest BCUT2D eigenvalue weighted by molar-refractivity contribution is -0.154. The summed E-state index contributed by atoms with van der Waals surface area (Å²) < 4.78 is 11.4. The largest absolute Gasteiger partial charge is 0.448 e. The van der Waals surface area contributed by atoms with E-state index in [9.17, 15) is 19.2 Å². The third kappa shape index (κ3) is 7.25. The minimum Gasteiger partial charge on any atom is -0.448 e. The summed E-state index contributed by atoms with van der Waals surface area (Å²) in [5.74, 6) is -2.07. The summed E-state index contributed by atoms with van der Waals surface area (Å²) in [5.41, 5.74) is 1.55. The number of thiazole rings is 1. The van der Waals surface area contributed by atoms with Crippen molar-refractivity contribution in [3.05, 3.63) is 93.5 Å². The number of anilines is 1. The normalized spacial score (nSPS) is 17.8. The number of carbonyl (C=O) groups excluding carboxylic acids is 4. The Labute approximate surface area is 272 Å². The average molecular weight is 664 g/mol. The number of thioether (sulfide) groups is 2. The van der Waals surface area contributed by atoms with Gasteiger partial charge in [0.1, 0.15) is 29.9 Å². The predicted octanol–water partition coefficient (Wildman–Crippen LogP) is 3.48. The lowest BCUT2D eigenvalue weighted by Gasteiger charge is -2.49. The van der Waals surface area contributed by atoms with Gasteiger partial charge in [-0.25, -0.2) is 9.78 Å². The van der Waals surface area contributed by atoms with Crippen molar-refractivity contribution in [3.8, 4) is 0 Å². The van der Waals surface area contributed by atoms with Crippen molar-refractivity contribution in [3.63, 3.8) is 0 Å². The maximum atomic E-state index is 13.9. The van der Waals surface area contributed by atoms with E-state index in [1.807, 2.05) is 60.7 Å². The first-order valence-electron chi connectivity index (χ1n) is 13.4. The van der Waals surface area contributed by atoms with E-state index in [-0.39, 0.29) is 28.2 Å². The first-order chi connectivity index (χ1) is 21.8. The highest BCUT2D eigenvalue weighted by molar-refractivity contribution is 8.06. The molecule has 3 amide bonds. The second-order valence-electron chi connectivity index (χ2n) is 9.44. The maximum absolute atomic E-state index is 13.9. The molecular weight excluding hydrogens is 637 g/mol. The van der Waals surface area contributed by atoms with E-state index in [0.717, 1.165) is 22.5 Å². The van der Waals surface area contributed by atoms with Crippen LogP contribution in [0.4, 0.5) is 9.93 Å². The number of nitrogens with zero attached hydrogens (tertiary/aromatic N) is 3. The fraction of sp³-hybridized carbons (Fsp3) is 0.241. The van der Waals surface area contributed by atoms with E-state index in [2.05, 4.69) is 20.8 Å². The molecule has 2 N–H and O–H groups in total. The highest BCUT2D eigenvalue weighted by Gasteiger charge is 2.55. The molecule has 12 nitrogen and oxygen atoms in total. The first kappa shape index (κ1) is 32.3. The zero-order chi connectivity index (χ0) is 31.9. The van der Waals surface area contributed by atoms with Crippen molar-refractivity contribution in [2.24, 2.45) is 5.16 Å². The Morgan fingerprint density at radius 1 is 1.11 bits per heavy atom. The molecule has 16 heteroatoms. The van der Waals surface area contributed by atoms with Gasteiger partial charge in [-0.05, 0) is 11.1 Å². The van der Waals surface area contributed by atoms with Gasteiger partial charge in [0.05, 0.1) is 5.94 Å². The zero-order valence-corrected chi connectivity index (χ0v) is 26.4. The molecule has 3 heterocycles. The van der Waals surface area contributed by atoms with Crippen molar-refractivity contribution in [2.75, 3.05) is 31.2 Å². The molecule has 0 spiro atoms. The molecule has 2 aliphatic heterocycles. The van der Waals surface area contributed by atoms with Gasteiger partial charge in [0, 0.05) is 23.1 Å². The second-order valence-corrected chi connectivity index (χ2v) is 12.4. The number of carbonyl (C=O) groups is 4. The van der Waals surface area contributed by atoms with Gasteiger partial charge in [0.15, 0.2) is 22.8 Å². The number of rotatable bonds is 12. The van der Waals surface area contributed by atoms with E-state index >= 15 is 0 Å². The van der Waals surface area contributed by atoms with Crippen LogP contribution in [0.15, 0.2) is 81.8 Å². The number of β-lactam (4-membered cyclic amide) rings is 1. The number of benzene rings is 2. The third-order valence-electron chi connectivity index (χ3n) is 6.57. The Kier molecular flexibility index (Phi) is 10.6. The van der Waals surface area contributed by atoms with Crippen LogP contribution in [0.5, 0.6) is 0 Å². The smallest absolute Gasteiger partial charge is 0.356 e. The molecule has 2 atom stereocenters. The monoisotopic (exact) mass is 663 g/mol. The molecule has 1 saturated heterocycles. The van der Waals surface area contributed by atoms with E-state index in [1.54, 1.807) is 7.11 Å². The van der Waals surface area contributed by atoms with Crippen LogP contribution in [0, 0.1) is 0 Å². The van der Waals surface area contributed by atoms with E-state index in [0.29, 0.717) is 10.7 Å². The lowest BCUT2D eigenvalue weighted by Crippen LogP contribution is -2.71. The average Bonchev–Trinajstić information content (AvgIpc) is 3.51. The number of methoxy groups -OCH3 is 1. The molecule has 2 aromatic carbocycles. The first-order valence-corrected chi connectivity index (χ1v) is 16.3. The van der Waals surface area contributed by atoms with Crippen LogP contribution in [-0.4, -0.2) is 84.4 Å². The summed E-state index contributed by atoms with van der Waals surface area (Å²) in [5, 5.41) is 9.85. The quantitative estimate of drug-likeness (QED) is 0.0737. The number of amides is 3. The highest BCUT2D eigenvalue weighted by Crippen LogP contribution is 2.44. The van der Waals surface area contributed by atoms with Crippen LogP contribution in [0.25, 0.3) is 0 Å². The molecule has 1 fully saturated rings. The van der Waals surface area contributed by atoms with Crippen LogP contribution in [0.3, 0.4) is 0 Å². The number of hydrogen-bond donors (Lipinski definition) is 2. The molecule has 0 unspecified atom stereocenters. The van der Waals surface area contributed by atoms with Crippen LogP contribution < -0.4 is 10.6 Å². The molecule has 2 radical (unpaired) electrons. The molecule has 1 aromatic heterocycles. The Balaban J connectivity index is 1.38. The zero-order valence-electron chi connectivity index (χ0n) is 24.0. The third-order valence-corrected chi connectivity index (χ3v) is 9.83. The Morgan fingerprint density at radius 2 is 1.78 bits per heavy atom. The van der Waals surface area contributed by atoms with Crippen LogP contribution >= 0.6 is 34.9 Å². The van der Waals surface area contributed by atoms with Gasteiger partial charge in [0.25, 0.3) is 11.8 Å². The summed E-state index contributed by atoms with van der Waals surface area (Å²) in [6, 6.07) is 17.7. The van der Waals surface area contributed by atoms with Crippen molar-refractivity contribution >= 4 is 77.1 Å². The van der Waals surface area contributed by atoms with Gasteiger partial charge in [-0.1, -0.05) is 77.6 Å². The van der Waals surface area contributed by atoms with Gasteiger partial charge in [-0.3, -0.25) is 19.3 Å². The number of oxime groups is 1. The van der Waals surface area contributed by atoms with Crippen molar-refractivity contribution in [2.45, 2.75) is 17.5 Å². The van der Waals surface area contributed by atoms with E-state index in [1.165, 1.54) is 40.9 Å². The number of fused-ring (bicyclic) bond motifs is 1. The maximum Gasteiger partial charge on any atom is 0.356 e. The Bertz CT molecular complexity index is 1600. The highest BCUT2D eigenvalue weighted by atomic mass is 32.2. The van der Waals surface area contributed by atoms with Crippen molar-refractivity contribution in [1.82, 2.24) is 15.2 Å².